The number of pyridine rings is 1. The maximum absolute atomic E-state index is 5.25. The lowest BCUT2D eigenvalue weighted by Gasteiger charge is -2.03. The van der Waals surface area contributed by atoms with Gasteiger partial charge < -0.3 is 10.1 Å². The maximum Gasteiger partial charge on any atom is 0.189 e. The van der Waals surface area contributed by atoms with Crippen molar-refractivity contribution in [2.24, 2.45) is 0 Å². The molecule has 0 saturated heterocycles. The number of nitrogens with one attached hydrogen (secondary N) is 1. The topological polar surface area (TPSA) is 72.8 Å². The zero-order chi connectivity index (χ0) is 17.2. The molecule has 0 aliphatic carbocycles. The summed E-state index contributed by atoms with van der Waals surface area (Å²) in [6.45, 7) is 1.91. The van der Waals surface area contributed by atoms with Crippen molar-refractivity contribution >= 4 is 32.5 Å². The summed E-state index contributed by atoms with van der Waals surface area (Å²) in [6.07, 6.45) is 3.52. The molecule has 0 fully saturated rings. The second-order valence-electron chi connectivity index (χ2n) is 5.50. The first kappa shape index (κ1) is 15.5. The van der Waals surface area contributed by atoms with Crippen LogP contribution in [0.3, 0.4) is 0 Å². The van der Waals surface area contributed by atoms with E-state index in [9.17, 15) is 0 Å². The van der Waals surface area contributed by atoms with Gasteiger partial charge >= 0.3 is 0 Å². The molecule has 0 spiro atoms. The van der Waals surface area contributed by atoms with Crippen LogP contribution in [0.4, 0.5) is 10.9 Å². The van der Waals surface area contributed by atoms with Gasteiger partial charge in [0, 0.05) is 11.8 Å². The Bertz CT molecular complexity index is 1030. The van der Waals surface area contributed by atoms with Gasteiger partial charge in [-0.15, -0.1) is 5.10 Å². The molecule has 3 heterocycles. The van der Waals surface area contributed by atoms with E-state index in [0.29, 0.717) is 5.82 Å². The first-order valence-electron chi connectivity index (χ1n) is 7.68. The third kappa shape index (κ3) is 3.27. The van der Waals surface area contributed by atoms with E-state index >= 15 is 0 Å². The number of thiazole rings is 1. The molecule has 25 heavy (non-hydrogen) atoms. The number of aromatic nitrogens is 4. The third-order valence-corrected chi connectivity index (χ3v) is 4.64. The summed E-state index contributed by atoms with van der Waals surface area (Å²) in [7, 11) is 1.64. The van der Waals surface area contributed by atoms with Gasteiger partial charge in [-0.05, 0) is 42.8 Å². The summed E-state index contributed by atoms with van der Waals surface area (Å²) in [6, 6.07) is 11.9. The summed E-state index contributed by atoms with van der Waals surface area (Å²) in [4.78, 5) is 8.81. The number of nitrogens with zero attached hydrogens (tertiary/aromatic N) is 4. The lowest BCUT2D eigenvalue weighted by Crippen LogP contribution is -1.95. The van der Waals surface area contributed by atoms with E-state index in [2.05, 4.69) is 31.5 Å². The molecule has 0 unspecified atom stereocenters. The molecule has 1 N–H and O–H groups in total. The molecule has 6 nitrogen and oxygen atoms in total. The minimum Gasteiger partial charge on any atom is -0.495 e. The van der Waals surface area contributed by atoms with Gasteiger partial charge in [-0.2, -0.15) is 5.10 Å². The van der Waals surface area contributed by atoms with Crippen LogP contribution in [0.2, 0.25) is 0 Å². The molecule has 3 aromatic heterocycles. The average molecular weight is 349 g/mol. The van der Waals surface area contributed by atoms with Crippen LogP contribution in [0.1, 0.15) is 5.69 Å². The van der Waals surface area contributed by atoms with Gasteiger partial charge in [0.1, 0.15) is 5.75 Å². The number of anilines is 2. The molecule has 1 aromatic carbocycles. The Kier molecular flexibility index (Phi) is 3.99. The van der Waals surface area contributed by atoms with Crippen molar-refractivity contribution in [2.45, 2.75) is 6.92 Å². The van der Waals surface area contributed by atoms with E-state index in [1.807, 2.05) is 43.5 Å². The lowest BCUT2D eigenvalue weighted by atomic mass is 10.1. The highest BCUT2D eigenvalue weighted by Gasteiger charge is 2.08. The minimum absolute atomic E-state index is 0.682. The van der Waals surface area contributed by atoms with E-state index in [1.165, 1.54) is 0 Å². The van der Waals surface area contributed by atoms with Crippen LogP contribution in [0.25, 0.3) is 21.3 Å². The Hall–Kier alpha value is -3.06. The number of benzene rings is 1. The van der Waals surface area contributed by atoms with Crippen molar-refractivity contribution in [2.75, 3.05) is 12.4 Å². The van der Waals surface area contributed by atoms with Crippen LogP contribution < -0.4 is 10.1 Å². The molecular formula is C18H15N5OS. The highest BCUT2D eigenvalue weighted by molar-refractivity contribution is 7.22. The predicted octanol–water partition coefficient (Wildman–Crippen LogP) is 4.21. The SMILES string of the molecule is COc1cncc(-c2ccc3nc(Nc4ccc(C)nn4)sc3c2)c1. The highest BCUT2D eigenvalue weighted by atomic mass is 32.1. The Labute approximate surface area is 148 Å². The number of fused-ring (bicyclic) bond motifs is 1. The normalized spacial score (nSPS) is 10.8. The predicted molar refractivity (Wildman–Crippen MR) is 99.5 cm³/mol. The van der Waals surface area contributed by atoms with Gasteiger partial charge in [-0.3, -0.25) is 4.98 Å². The van der Waals surface area contributed by atoms with Crippen molar-refractivity contribution in [3.05, 3.63) is 54.5 Å². The Morgan fingerprint density at radius 2 is 1.92 bits per heavy atom. The van der Waals surface area contributed by atoms with E-state index < -0.39 is 0 Å². The van der Waals surface area contributed by atoms with Crippen molar-refractivity contribution in [1.29, 1.82) is 0 Å². The maximum atomic E-state index is 5.25. The molecule has 7 heteroatoms. The number of hydrogen-bond acceptors (Lipinski definition) is 7. The summed E-state index contributed by atoms with van der Waals surface area (Å²) in [5.74, 6) is 1.42. The summed E-state index contributed by atoms with van der Waals surface area (Å²) < 4.78 is 6.33. The van der Waals surface area contributed by atoms with E-state index in [4.69, 9.17) is 4.74 Å². The van der Waals surface area contributed by atoms with Gasteiger partial charge in [0.2, 0.25) is 0 Å². The Morgan fingerprint density at radius 3 is 2.72 bits per heavy atom. The summed E-state index contributed by atoms with van der Waals surface area (Å²) in [5.41, 5.74) is 3.90. The first-order valence-corrected chi connectivity index (χ1v) is 8.50. The number of ether oxygens (including phenoxy) is 1. The molecule has 4 rings (SSSR count). The molecule has 0 bridgehead atoms. The summed E-state index contributed by atoms with van der Waals surface area (Å²) >= 11 is 1.57. The number of rotatable bonds is 4. The second-order valence-corrected chi connectivity index (χ2v) is 6.53. The molecule has 0 amide bonds. The van der Waals surface area contributed by atoms with Crippen LogP contribution in [0.5, 0.6) is 5.75 Å². The average Bonchev–Trinajstić information content (AvgIpc) is 3.05. The Balaban J connectivity index is 1.65. The molecule has 0 aliphatic heterocycles. The van der Waals surface area contributed by atoms with Gasteiger partial charge in [-0.25, -0.2) is 4.98 Å². The standard InChI is InChI=1S/C18H15N5OS/c1-11-3-6-17(23-22-11)21-18-20-15-5-4-12(8-16(15)25-18)13-7-14(24-2)10-19-9-13/h3-10H,1-2H3,(H,20,21,23). The van der Waals surface area contributed by atoms with Gasteiger partial charge in [0.05, 0.1) is 29.2 Å². The molecule has 0 radical (unpaired) electrons. The van der Waals surface area contributed by atoms with Crippen molar-refractivity contribution < 1.29 is 4.74 Å². The number of hydrogen-bond donors (Lipinski definition) is 1. The van der Waals surface area contributed by atoms with Crippen LogP contribution in [-0.4, -0.2) is 27.3 Å². The monoisotopic (exact) mass is 349 g/mol. The first-order chi connectivity index (χ1) is 12.2. The molecule has 0 saturated carbocycles. The van der Waals surface area contributed by atoms with Gasteiger partial charge in [0.25, 0.3) is 0 Å². The quantitative estimate of drug-likeness (QED) is 0.595. The number of aryl methyl sites for hydroxylation is 1. The minimum atomic E-state index is 0.682. The van der Waals surface area contributed by atoms with E-state index in [1.54, 1.807) is 24.6 Å². The van der Waals surface area contributed by atoms with Gasteiger partial charge in [0.15, 0.2) is 10.9 Å². The van der Waals surface area contributed by atoms with Crippen LogP contribution in [-0.2, 0) is 0 Å². The lowest BCUT2D eigenvalue weighted by molar-refractivity contribution is 0.413. The van der Waals surface area contributed by atoms with Crippen molar-refractivity contribution in [3.63, 3.8) is 0 Å². The zero-order valence-corrected chi connectivity index (χ0v) is 14.5. The van der Waals surface area contributed by atoms with Crippen LogP contribution in [0, 0.1) is 6.92 Å². The second kappa shape index (κ2) is 6.45. The van der Waals surface area contributed by atoms with Crippen molar-refractivity contribution in [1.82, 2.24) is 20.2 Å². The fraction of sp³-hybridized carbons (Fsp3) is 0.111. The third-order valence-electron chi connectivity index (χ3n) is 3.70. The fourth-order valence-corrected chi connectivity index (χ4v) is 3.33. The summed E-state index contributed by atoms with van der Waals surface area (Å²) in [5, 5.41) is 12.1. The van der Waals surface area contributed by atoms with Crippen LogP contribution >= 0.6 is 11.3 Å². The van der Waals surface area contributed by atoms with E-state index in [0.717, 1.165) is 37.9 Å². The highest BCUT2D eigenvalue weighted by Crippen LogP contribution is 2.32. The fourth-order valence-electron chi connectivity index (χ4n) is 2.42. The molecule has 0 aliphatic rings. The van der Waals surface area contributed by atoms with Crippen molar-refractivity contribution in [3.8, 4) is 16.9 Å². The Morgan fingerprint density at radius 1 is 1.00 bits per heavy atom. The molecular weight excluding hydrogens is 334 g/mol. The van der Waals surface area contributed by atoms with E-state index in [-0.39, 0.29) is 0 Å². The largest absolute Gasteiger partial charge is 0.495 e. The number of methoxy groups -OCH3 is 1. The zero-order valence-electron chi connectivity index (χ0n) is 13.7. The molecule has 0 atom stereocenters. The smallest absolute Gasteiger partial charge is 0.189 e. The molecule has 124 valence electrons. The van der Waals surface area contributed by atoms with Crippen LogP contribution in [0.15, 0.2) is 48.8 Å². The van der Waals surface area contributed by atoms with Gasteiger partial charge in [-0.1, -0.05) is 17.4 Å². The molecule has 4 aromatic rings.